The predicted octanol–water partition coefficient (Wildman–Crippen LogP) is 3.50. The third kappa shape index (κ3) is 2.81. The topological polar surface area (TPSA) is 78.0 Å². The molecule has 6 heteroatoms. The van der Waals surface area contributed by atoms with E-state index in [1.807, 2.05) is 13.0 Å². The highest BCUT2D eigenvalue weighted by molar-refractivity contribution is 5.80. The Morgan fingerprint density at radius 2 is 1.83 bits per heavy atom. The summed E-state index contributed by atoms with van der Waals surface area (Å²) in [6.07, 6.45) is 3.25. The molecule has 0 N–H and O–H groups in total. The van der Waals surface area contributed by atoms with Gasteiger partial charge in [0.05, 0.1) is 21.4 Å². The maximum atomic E-state index is 12.5. The van der Waals surface area contributed by atoms with E-state index in [0.29, 0.717) is 28.8 Å². The number of aromatic nitrogens is 2. The van der Waals surface area contributed by atoms with Crippen LogP contribution in [0.4, 0.5) is 5.69 Å². The standard InChI is InChI=1S/C18H15N3O3/c1-2-20-17(19-15-9-5-4-8-14(15)18(20)22)12-11-13-7-3-6-10-16(13)21(23)24/h3-12H,2H2,1H3/b12-11+. The number of fused-ring (bicyclic) bond motifs is 1. The number of para-hydroxylation sites is 2. The van der Waals surface area contributed by atoms with Crippen LogP contribution in [0.15, 0.2) is 53.3 Å². The molecule has 0 unspecified atom stereocenters. The van der Waals surface area contributed by atoms with Crippen molar-refractivity contribution < 1.29 is 4.92 Å². The molecule has 6 nitrogen and oxygen atoms in total. The van der Waals surface area contributed by atoms with Crippen LogP contribution < -0.4 is 5.56 Å². The first kappa shape index (κ1) is 15.6. The van der Waals surface area contributed by atoms with Gasteiger partial charge in [0.15, 0.2) is 0 Å². The Balaban J connectivity index is 2.14. The molecular weight excluding hydrogens is 306 g/mol. The molecule has 0 bridgehead atoms. The maximum Gasteiger partial charge on any atom is 0.276 e. The van der Waals surface area contributed by atoms with Crippen LogP contribution in [0, 0.1) is 10.1 Å². The fourth-order valence-electron chi connectivity index (χ4n) is 2.58. The van der Waals surface area contributed by atoms with Gasteiger partial charge in [0.1, 0.15) is 5.82 Å². The van der Waals surface area contributed by atoms with Crippen LogP contribution in [-0.2, 0) is 6.54 Å². The molecule has 0 spiro atoms. The van der Waals surface area contributed by atoms with Crippen molar-refractivity contribution in [2.45, 2.75) is 13.5 Å². The second-order valence-electron chi connectivity index (χ2n) is 5.19. The number of nitro groups is 1. The highest BCUT2D eigenvalue weighted by Gasteiger charge is 2.11. The van der Waals surface area contributed by atoms with Gasteiger partial charge in [-0.05, 0) is 37.3 Å². The van der Waals surface area contributed by atoms with Gasteiger partial charge in [-0.2, -0.15) is 0 Å². The number of benzene rings is 2. The van der Waals surface area contributed by atoms with Crippen LogP contribution in [0.5, 0.6) is 0 Å². The lowest BCUT2D eigenvalue weighted by Crippen LogP contribution is -2.22. The normalized spacial score (nSPS) is 11.2. The first-order valence-electron chi connectivity index (χ1n) is 7.53. The van der Waals surface area contributed by atoms with Crippen molar-refractivity contribution in [2.75, 3.05) is 0 Å². The van der Waals surface area contributed by atoms with Crippen molar-refractivity contribution in [1.82, 2.24) is 9.55 Å². The van der Waals surface area contributed by atoms with Crippen LogP contribution in [0.2, 0.25) is 0 Å². The minimum Gasteiger partial charge on any atom is -0.293 e. The van der Waals surface area contributed by atoms with Crippen molar-refractivity contribution in [1.29, 1.82) is 0 Å². The number of hydrogen-bond acceptors (Lipinski definition) is 4. The van der Waals surface area contributed by atoms with Gasteiger partial charge in [0.25, 0.3) is 11.2 Å². The molecule has 1 heterocycles. The molecule has 0 saturated heterocycles. The smallest absolute Gasteiger partial charge is 0.276 e. The van der Waals surface area contributed by atoms with Gasteiger partial charge in [-0.15, -0.1) is 0 Å². The third-order valence-electron chi connectivity index (χ3n) is 3.75. The average molecular weight is 321 g/mol. The summed E-state index contributed by atoms with van der Waals surface area (Å²) in [6.45, 7) is 2.33. The Labute approximate surface area is 137 Å². The molecule has 0 atom stereocenters. The number of hydrogen-bond donors (Lipinski definition) is 0. The predicted molar refractivity (Wildman–Crippen MR) is 93.7 cm³/mol. The second-order valence-corrected chi connectivity index (χ2v) is 5.19. The zero-order valence-corrected chi connectivity index (χ0v) is 13.0. The molecule has 24 heavy (non-hydrogen) atoms. The van der Waals surface area contributed by atoms with Crippen LogP contribution in [0.25, 0.3) is 23.1 Å². The van der Waals surface area contributed by atoms with Gasteiger partial charge in [0, 0.05) is 12.6 Å². The first-order chi connectivity index (χ1) is 11.6. The van der Waals surface area contributed by atoms with Crippen molar-refractivity contribution in [2.24, 2.45) is 0 Å². The molecule has 0 amide bonds. The van der Waals surface area contributed by atoms with Crippen molar-refractivity contribution in [3.05, 3.63) is 80.4 Å². The van der Waals surface area contributed by atoms with E-state index in [9.17, 15) is 14.9 Å². The molecule has 0 aliphatic heterocycles. The van der Waals surface area contributed by atoms with Crippen molar-refractivity contribution in [3.63, 3.8) is 0 Å². The summed E-state index contributed by atoms with van der Waals surface area (Å²) in [6, 6.07) is 13.6. The lowest BCUT2D eigenvalue weighted by molar-refractivity contribution is -0.385. The summed E-state index contributed by atoms with van der Waals surface area (Å²) in [5, 5.41) is 11.6. The third-order valence-corrected chi connectivity index (χ3v) is 3.75. The van der Waals surface area contributed by atoms with E-state index in [0.717, 1.165) is 0 Å². The molecule has 2 aromatic carbocycles. The average Bonchev–Trinajstić information content (AvgIpc) is 2.60. The SMILES string of the molecule is CCn1c(/C=C/c2ccccc2[N+](=O)[O-])nc2ccccc2c1=O. The Morgan fingerprint density at radius 3 is 2.58 bits per heavy atom. The summed E-state index contributed by atoms with van der Waals surface area (Å²) in [5.41, 5.74) is 0.965. The molecule has 3 aromatic rings. The van der Waals surface area contributed by atoms with E-state index in [1.165, 1.54) is 6.07 Å². The summed E-state index contributed by atoms with van der Waals surface area (Å²) < 4.78 is 1.55. The molecule has 0 aliphatic carbocycles. The second kappa shape index (κ2) is 6.45. The van der Waals surface area contributed by atoms with Gasteiger partial charge >= 0.3 is 0 Å². The lowest BCUT2D eigenvalue weighted by Gasteiger charge is -2.08. The highest BCUT2D eigenvalue weighted by atomic mass is 16.6. The highest BCUT2D eigenvalue weighted by Crippen LogP contribution is 2.20. The molecule has 1 aromatic heterocycles. The first-order valence-corrected chi connectivity index (χ1v) is 7.53. The molecule has 0 radical (unpaired) electrons. The fraction of sp³-hybridized carbons (Fsp3) is 0.111. The quantitative estimate of drug-likeness (QED) is 0.544. The van der Waals surface area contributed by atoms with Gasteiger partial charge in [-0.3, -0.25) is 19.5 Å². The zero-order chi connectivity index (χ0) is 17.1. The van der Waals surface area contributed by atoms with Crippen LogP contribution >= 0.6 is 0 Å². The molecular formula is C18H15N3O3. The summed E-state index contributed by atoms with van der Waals surface area (Å²) in [7, 11) is 0. The number of nitro benzene ring substituents is 1. The maximum absolute atomic E-state index is 12.5. The minimum atomic E-state index is -0.430. The van der Waals surface area contributed by atoms with Crippen LogP contribution in [0.1, 0.15) is 18.3 Å². The van der Waals surface area contributed by atoms with E-state index in [1.54, 1.807) is 53.1 Å². The Kier molecular flexibility index (Phi) is 4.20. The largest absolute Gasteiger partial charge is 0.293 e. The molecule has 0 aliphatic rings. The van der Waals surface area contributed by atoms with E-state index in [2.05, 4.69) is 4.98 Å². The van der Waals surface area contributed by atoms with E-state index >= 15 is 0 Å². The Bertz CT molecular complexity index is 1010. The van der Waals surface area contributed by atoms with Gasteiger partial charge in [0.2, 0.25) is 0 Å². The van der Waals surface area contributed by atoms with Crippen molar-refractivity contribution >= 4 is 28.7 Å². The van der Waals surface area contributed by atoms with Gasteiger partial charge < -0.3 is 0 Å². The van der Waals surface area contributed by atoms with Crippen molar-refractivity contribution in [3.8, 4) is 0 Å². The summed E-state index contributed by atoms with van der Waals surface area (Å²) >= 11 is 0. The fourth-order valence-corrected chi connectivity index (χ4v) is 2.58. The van der Waals surface area contributed by atoms with Gasteiger partial charge in [-0.25, -0.2) is 4.98 Å². The van der Waals surface area contributed by atoms with Crippen LogP contribution in [0.3, 0.4) is 0 Å². The lowest BCUT2D eigenvalue weighted by atomic mass is 10.1. The number of rotatable bonds is 4. The minimum absolute atomic E-state index is 0.0138. The Morgan fingerprint density at radius 1 is 1.12 bits per heavy atom. The Hall–Kier alpha value is -3.28. The summed E-state index contributed by atoms with van der Waals surface area (Å²) in [4.78, 5) is 27.7. The van der Waals surface area contributed by atoms with E-state index < -0.39 is 4.92 Å². The van der Waals surface area contributed by atoms with E-state index in [4.69, 9.17) is 0 Å². The molecule has 3 rings (SSSR count). The molecule has 0 saturated carbocycles. The molecule has 120 valence electrons. The monoisotopic (exact) mass is 321 g/mol. The van der Waals surface area contributed by atoms with Gasteiger partial charge in [-0.1, -0.05) is 24.3 Å². The van der Waals surface area contributed by atoms with Crippen LogP contribution in [-0.4, -0.2) is 14.5 Å². The van der Waals surface area contributed by atoms with E-state index in [-0.39, 0.29) is 11.2 Å². The zero-order valence-electron chi connectivity index (χ0n) is 13.0. The molecule has 0 fully saturated rings. The number of nitrogens with zero attached hydrogens (tertiary/aromatic N) is 3. The summed E-state index contributed by atoms with van der Waals surface area (Å²) in [5.74, 6) is 0.472.